The van der Waals surface area contributed by atoms with Gasteiger partial charge < -0.3 is 4.74 Å². The molecule has 6 nitrogen and oxygen atoms in total. The molecule has 0 N–H and O–H groups in total. The molecule has 0 bridgehead atoms. The summed E-state index contributed by atoms with van der Waals surface area (Å²) in [7, 11) is 0. The normalized spacial score (nSPS) is 22.1. The third kappa shape index (κ3) is 3.65. The maximum atomic E-state index is 12.9. The number of nitrogens with zero attached hydrogens (tertiary/aromatic N) is 2. The lowest BCUT2D eigenvalue weighted by Crippen LogP contribution is -2.47. The molecule has 2 fully saturated rings. The summed E-state index contributed by atoms with van der Waals surface area (Å²) in [6.45, 7) is 5.53. The highest BCUT2D eigenvalue weighted by Crippen LogP contribution is 2.29. The van der Waals surface area contributed by atoms with Gasteiger partial charge in [-0.25, -0.2) is 4.90 Å². The van der Waals surface area contributed by atoms with Crippen LogP contribution in [0.25, 0.3) is 0 Å². The number of carbonyl (C=O) groups excluding carboxylic acids is 3. The topological polar surface area (TPSA) is 66.9 Å². The summed E-state index contributed by atoms with van der Waals surface area (Å²) >= 11 is 0. The molecule has 140 valence electrons. The zero-order valence-corrected chi connectivity index (χ0v) is 15.4. The van der Waals surface area contributed by atoms with Crippen LogP contribution < -0.4 is 4.90 Å². The third-order valence-corrected chi connectivity index (χ3v) is 5.32. The van der Waals surface area contributed by atoms with E-state index >= 15 is 0 Å². The van der Waals surface area contributed by atoms with Gasteiger partial charge in [0.05, 0.1) is 30.7 Å². The monoisotopic (exact) mass is 358 g/mol. The lowest BCUT2D eigenvalue weighted by atomic mass is 9.95. The number of amides is 2. The molecule has 2 saturated heterocycles. The Bertz CT molecular complexity index is 678. The van der Waals surface area contributed by atoms with Crippen LogP contribution in [0.15, 0.2) is 24.3 Å². The first-order valence-electron chi connectivity index (χ1n) is 9.41. The number of esters is 1. The first kappa shape index (κ1) is 18.6. The minimum absolute atomic E-state index is 0.101. The number of ether oxygens (including phenoxy) is 1. The van der Waals surface area contributed by atoms with Crippen molar-refractivity contribution in [3.05, 3.63) is 29.8 Å². The highest BCUT2D eigenvalue weighted by atomic mass is 16.5. The molecule has 0 aromatic heterocycles. The molecule has 1 aromatic rings. The van der Waals surface area contributed by atoms with Gasteiger partial charge in [0.2, 0.25) is 5.91 Å². The van der Waals surface area contributed by atoms with E-state index in [0.29, 0.717) is 38.2 Å². The van der Waals surface area contributed by atoms with E-state index in [2.05, 4.69) is 6.92 Å². The Morgan fingerprint density at radius 1 is 1.12 bits per heavy atom. The van der Waals surface area contributed by atoms with Crippen LogP contribution in [0.4, 0.5) is 5.69 Å². The summed E-state index contributed by atoms with van der Waals surface area (Å²) in [4.78, 5) is 40.5. The number of imide groups is 1. The molecule has 0 spiro atoms. The van der Waals surface area contributed by atoms with Crippen molar-refractivity contribution in [2.45, 2.75) is 45.6 Å². The Balaban J connectivity index is 1.65. The number of likely N-dealkylation sites (tertiary alicyclic amines) is 1. The van der Waals surface area contributed by atoms with Crippen LogP contribution in [0.5, 0.6) is 0 Å². The van der Waals surface area contributed by atoms with Crippen molar-refractivity contribution >= 4 is 23.5 Å². The predicted molar refractivity (Wildman–Crippen MR) is 97.6 cm³/mol. The Kier molecular flexibility index (Phi) is 5.71. The SMILES string of the molecule is CCOC(=O)C1CCN([C@@H]2CC(=O)N(c3ccc(CC)cc3)C2=O)CC1. The summed E-state index contributed by atoms with van der Waals surface area (Å²) < 4.78 is 5.09. The summed E-state index contributed by atoms with van der Waals surface area (Å²) in [6.07, 6.45) is 2.46. The smallest absolute Gasteiger partial charge is 0.309 e. The van der Waals surface area contributed by atoms with Crippen molar-refractivity contribution < 1.29 is 19.1 Å². The Labute approximate surface area is 154 Å². The highest BCUT2D eigenvalue weighted by molar-refractivity contribution is 6.22. The van der Waals surface area contributed by atoms with E-state index in [4.69, 9.17) is 4.74 Å². The lowest BCUT2D eigenvalue weighted by Gasteiger charge is -2.33. The van der Waals surface area contributed by atoms with Gasteiger partial charge in [0.15, 0.2) is 0 Å². The van der Waals surface area contributed by atoms with Crippen molar-refractivity contribution in [3.63, 3.8) is 0 Å². The third-order valence-electron chi connectivity index (χ3n) is 5.32. The van der Waals surface area contributed by atoms with Crippen molar-refractivity contribution in [2.75, 3.05) is 24.6 Å². The summed E-state index contributed by atoms with van der Waals surface area (Å²) in [5.41, 5.74) is 1.81. The Morgan fingerprint density at radius 2 is 1.77 bits per heavy atom. The van der Waals surface area contributed by atoms with Crippen molar-refractivity contribution in [2.24, 2.45) is 5.92 Å². The summed E-state index contributed by atoms with van der Waals surface area (Å²) in [6, 6.07) is 7.16. The first-order chi connectivity index (χ1) is 12.5. The molecule has 0 aliphatic carbocycles. The predicted octanol–water partition coefficient (Wildman–Crippen LogP) is 2.16. The van der Waals surface area contributed by atoms with Gasteiger partial charge in [0, 0.05) is 0 Å². The fraction of sp³-hybridized carbons (Fsp3) is 0.550. The Morgan fingerprint density at radius 3 is 2.35 bits per heavy atom. The van der Waals surface area contributed by atoms with Crippen LogP contribution in [-0.4, -0.2) is 48.4 Å². The van der Waals surface area contributed by atoms with Crippen LogP contribution in [0, 0.1) is 5.92 Å². The number of hydrogen-bond donors (Lipinski definition) is 0. The number of anilines is 1. The van der Waals surface area contributed by atoms with E-state index < -0.39 is 6.04 Å². The number of carbonyl (C=O) groups is 3. The number of rotatable bonds is 5. The molecular formula is C20H26N2O4. The van der Waals surface area contributed by atoms with E-state index in [1.807, 2.05) is 29.2 Å². The standard InChI is InChI=1S/C20H26N2O4/c1-3-14-5-7-16(8-6-14)22-18(23)13-17(19(22)24)21-11-9-15(10-12-21)20(25)26-4-2/h5-8,15,17H,3-4,9-13H2,1-2H3/t17-/m1/s1. The first-order valence-corrected chi connectivity index (χ1v) is 9.41. The highest BCUT2D eigenvalue weighted by Gasteiger charge is 2.43. The maximum absolute atomic E-state index is 12.9. The van der Waals surface area contributed by atoms with Crippen LogP contribution in [0.1, 0.15) is 38.7 Å². The molecule has 0 saturated carbocycles. The molecule has 1 atom stereocenters. The zero-order chi connectivity index (χ0) is 18.7. The number of aryl methyl sites for hydroxylation is 1. The van der Waals surface area contributed by atoms with Crippen LogP contribution >= 0.6 is 0 Å². The molecule has 2 aliphatic heterocycles. The summed E-state index contributed by atoms with van der Waals surface area (Å²) in [5.74, 6) is -0.569. The quantitative estimate of drug-likeness (QED) is 0.596. The molecule has 6 heteroatoms. The minimum Gasteiger partial charge on any atom is -0.466 e. The van der Waals surface area contributed by atoms with Gasteiger partial charge in [-0.2, -0.15) is 0 Å². The second-order valence-electron chi connectivity index (χ2n) is 6.87. The lowest BCUT2D eigenvalue weighted by molar-refractivity contribution is -0.149. The molecule has 2 aliphatic rings. The second-order valence-corrected chi connectivity index (χ2v) is 6.87. The molecule has 1 aromatic carbocycles. The fourth-order valence-electron chi connectivity index (χ4n) is 3.76. The zero-order valence-electron chi connectivity index (χ0n) is 15.4. The van der Waals surface area contributed by atoms with Crippen molar-refractivity contribution in [3.8, 4) is 0 Å². The van der Waals surface area contributed by atoms with Crippen LogP contribution in [-0.2, 0) is 25.5 Å². The molecule has 2 amide bonds. The minimum atomic E-state index is -0.420. The largest absolute Gasteiger partial charge is 0.466 e. The number of hydrogen-bond acceptors (Lipinski definition) is 5. The van der Waals surface area contributed by atoms with Gasteiger partial charge in [-0.05, 0) is 57.0 Å². The van der Waals surface area contributed by atoms with Gasteiger partial charge in [-0.1, -0.05) is 19.1 Å². The van der Waals surface area contributed by atoms with Crippen molar-refractivity contribution in [1.82, 2.24) is 4.90 Å². The molecule has 3 rings (SSSR count). The molecular weight excluding hydrogens is 332 g/mol. The average Bonchev–Trinajstić information content (AvgIpc) is 2.96. The van der Waals surface area contributed by atoms with Gasteiger partial charge in [0.25, 0.3) is 5.91 Å². The molecule has 26 heavy (non-hydrogen) atoms. The van der Waals surface area contributed by atoms with Crippen molar-refractivity contribution in [1.29, 1.82) is 0 Å². The van der Waals surface area contributed by atoms with Gasteiger partial charge in [-0.15, -0.1) is 0 Å². The Hall–Kier alpha value is -2.21. The van der Waals surface area contributed by atoms with E-state index in [-0.39, 0.29) is 30.1 Å². The van der Waals surface area contributed by atoms with Gasteiger partial charge >= 0.3 is 5.97 Å². The second kappa shape index (κ2) is 7.99. The van der Waals surface area contributed by atoms with E-state index in [9.17, 15) is 14.4 Å². The number of benzene rings is 1. The molecule has 2 heterocycles. The number of piperidine rings is 1. The van der Waals surface area contributed by atoms with E-state index in [1.165, 1.54) is 10.5 Å². The fourth-order valence-corrected chi connectivity index (χ4v) is 3.76. The van der Waals surface area contributed by atoms with Crippen LogP contribution in [0.3, 0.4) is 0 Å². The maximum Gasteiger partial charge on any atom is 0.309 e. The molecule has 0 radical (unpaired) electrons. The van der Waals surface area contributed by atoms with Crippen LogP contribution in [0.2, 0.25) is 0 Å². The van der Waals surface area contributed by atoms with Gasteiger partial charge in [-0.3, -0.25) is 19.3 Å². The summed E-state index contributed by atoms with van der Waals surface area (Å²) in [5, 5.41) is 0. The average molecular weight is 358 g/mol. The molecule has 0 unspecified atom stereocenters. The van der Waals surface area contributed by atoms with E-state index in [0.717, 1.165) is 6.42 Å². The van der Waals surface area contributed by atoms with E-state index in [1.54, 1.807) is 6.92 Å². The van der Waals surface area contributed by atoms with Gasteiger partial charge in [0.1, 0.15) is 0 Å².